The molecule has 1 fully saturated rings. The molecule has 0 radical (unpaired) electrons. The molecule has 0 aromatic carbocycles. The minimum absolute atomic E-state index is 0.00413. The third-order valence-electron chi connectivity index (χ3n) is 4.28. The Hall–Kier alpha value is -0.880. The molecule has 0 N–H and O–H groups in total. The van der Waals surface area contributed by atoms with E-state index < -0.39 is 9.84 Å². The van der Waals surface area contributed by atoms with Crippen LogP contribution in [0, 0.1) is 0 Å². The van der Waals surface area contributed by atoms with Crippen LogP contribution in [0.2, 0.25) is 0 Å². The molecule has 2 heterocycles. The van der Waals surface area contributed by atoms with Crippen LogP contribution in [0.25, 0.3) is 0 Å². The molecular weight excluding hydrogens is 298 g/mol. The third-order valence-corrected chi connectivity index (χ3v) is 5.26. The highest BCUT2D eigenvalue weighted by Gasteiger charge is 2.24. The molecule has 0 saturated carbocycles. The van der Waals surface area contributed by atoms with Crippen LogP contribution in [-0.2, 0) is 21.9 Å². The van der Waals surface area contributed by atoms with Gasteiger partial charge in [-0.3, -0.25) is 9.58 Å². The highest BCUT2D eigenvalue weighted by molar-refractivity contribution is 7.90. The van der Waals surface area contributed by atoms with Gasteiger partial charge < -0.3 is 0 Å². The van der Waals surface area contributed by atoms with Gasteiger partial charge in [-0.05, 0) is 46.6 Å². The van der Waals surface area contributed by atoms with Crippen LogP contribution in [0.1, 0.15) is 52.0 Å². The van der Waals surface area contributed by atoms with E-state index in [1.807, 2.05) is 10.9 Å². The molecule has 0 aliphatic carbocycles. The van der Waals surface area contributed by atoms with Gasteiger partial charge in [0.2, 0.25) is 0 Å². The number of rotatable bonds is 5. The molecule has 22 heavy (non-hydrogen) atoms. The van der Waals surface area contributed by atoms with Gasteiger partial charge in [-0.1, -0.05) is 6.42 Å². The maximum Gasteiger partial charge on any atom is 0.147 e. The van der Waals surface area contributed by atoms with Gasteiger partial charge in [0, 0.05) is 30.6 Å². The molecule has 1 atom stereocenters. The van der Waals surface area contributed by atoms with Crippen molar-refractivity contribution in [1.29, 1.82) is 0 Å². The topological polar surface area (TPSA) is 55.2 Å². The number of nitrogens with zero attached hydrogens (tertiary/aromatic N) is 3. The van der Waals surface area contributed by atoms with Gasteiger partial charge in [0.05, 0.1) is 17.5 Å². The van der Waals surface area contributed by atoms with E-state index >= 15 is 0 Å². The lowest BCUT2D eigenvalue weighted by molar-refractivity contribution is 0.136. The first kappa shape index (κ1) is 17.5. The lowest BCUT2D eigenvalue weighted by atomic mass is 9.99. The Morgan fingerprint density at radius 1 is 1.32 bits per heavy atom. The summed E-state index contributed by atoms with van der Waals surface area (Å²) in [6.45, 7) is 8.33. The second kappa shape index (κ2) is 6.71. The van der Waals surface area contributed by atoms with E-state index in [9.17, 15) is 8.42 Å². The average Bonchev–Trinajstić information content (AvgIpc) is 2.85. The summed E-state index contributed by atoms with van der Waals surface area (Å²) in [4.78, 5) is 2.43. The molecule has 0 unspecified atom stereocenters. The predicted octanol–water partition coefficient (Wildman–Crippen LogP) is 2.43. The monoisotopic (exact) mass is 327 g/mol. The summed E-state index contributed by atoms with van der Waals surface area (Å²) in [7, 11) is -2.88. The Balaban J connectivity index is 2.00. The highest BCUT2D eigenvalue weighted by atomic mass is 32.2. The van der Waals surface area contributed by atoms with Crippen molar-refractivity contribution in [3.63, 3.8) is 0 Å². The highest BCUT2D eigenvalue weighted by Crippen LogP contribution is 2.23. The van der Waals surface area contributed by atoms with Crippen molar-refractivity contribution in [3.8, 4) is 0 Å². The molecule has 0 amide bonds. The van der Waals surface area contributed by atoms with E-state index in [4.69, 9.17) is 0 Å². The Morgan fingerprint density at radius 2 is 2.05 bits per heavy atom. The van der Waals surface area contributed by atoms with Crippen molar-refractivity contribution in [2.75, 3.05) is 18.6 Å². The Kier molecular flexibility index (Phi) is 5.33. The summed E-state index contributed by atoms with van der Waals surface area (Å²) < 4.78 is 24.8. The van der Waals surface area contributed by atoms with Crippen LogP contribution in [0.3, 0.4) is 0 Å². The number of sulfone groups is 1. The van der Waals surface area contributed by atoms with E-state index in [1.165, 1.54) is 24.7 Å². The van der Waals surface area contributed by atoms with Crippen molar-refractivity contribution in [2.24, 2.45) is 0 Å². The van der Waals surface area contributed by atoms with E-state index in [-0.39, 0.29) is 11.3 Å². The fourth-order valence-electron chi connectivity index (χ4n) is 2.99. The molecule has 1 saturated heterocycles. The lowest BCUT2D eigenvalue weighted by Gasteiger charge is -2.35. The maximum atomic E-state index is 11.4. The molecule has 1 aromatic rings. The summed E-state index contributed by atoms with van der Waals surface area (Å²) in [5.41, 5.74) is 1.21. The first-order chi connectivity index (χ1) is 10.1. The van der Waals surface area contributed by atoms with Gasteiger partial charge in [-0.15, -0.1) is 0 Å². The molecule has 2 rings (SSSR count). The van der Waals surface area contributed by atoms with Crippen LogP contribution in [0.5, 0.6) is 0 Å². The summed E-state index contributed by atoms with van der Waals surface area (Å²) in [6, 6.07) is 0.376. The molecule has 0 bridgehead atoms. The van der Waals surface area contributed by atoms with Crippen molar-refractivity contribution >= 4 is 9.84 Å². The molecule has 6 heteroatoms. The standard InChI is InChI=1S/C16H29N3O2S/c1-16(2,3)19-13-14(11-17-19)12-18-9-6-5-7-15(18)8-10-22(4,20)21/h11,13,15H,5-10,12H2,1-4H3/t15-/m1/s1. The first-order valence-electron chi connectivity index (χ1n) is 8.11. The fraction of sp³-hybridized carbons (Fsp3) is 0.812. The van der Waals surface area contributed by atoms with Gasteiger partial charge >= 0.3 is 0 Å². The molecule has 0 spiro atoms. The molecule has 1 aliphatic heterocycles. The van der Waals surface area contributed by atoms with E-state index in [1.54, 1.807) is 0 Å². The minimum Gasteiger partial charge on any atom is -0.296 e. The van der Waals surface area contributed by atoms with Gasteiger partial charge in [-0.25, -0.2) is 8.42 Å². The zero-order valence-corrected chi connectivity index (χ0v) is 15.1. The third kappa shape index (κ3) is 5.09. The lowest BCUT2D eigenvalue weighted by Crippen LogP contribution is -2.39. The van der Waals surface area contributed by atoms with Crippen LogP contribution in [-0.4, -0.2) is 47.7 Å². The number of hydrogen-bond acceptors (Lipinski definition) is 4. The second-order valence-corrected chi connectivity index (χ2v) is 9.76. The largest absolute Gasteiger partial charge is 0.296 e. The van der Waals surface area contributed by atoms with Gasteiger partial charge in [0.1, 0.15) is 9.84 Å². The summed E-state index contributed by atoms with van der Waals surface area (Å²) in [5, 5.41) is 4.46. The second-order valence-electron chi connectivity index (χ2n) is 7.50. The Bertz CT molecular complexity index is 587. The number of hydrogen-bond donors (Lipinski definition) is 0. The van der Waals surface area contributed by atoms with E-state index in [0.717, 1.165) is 25.9 Å². The summed E-state index contributed by atoms with van der Waals surface area (Å²) in [6.07, 6.45) is 9.62. The zero-order chi connectivity index (χ0) is 16.4. The Labute approximate surface area is 134 Å². The normalized spacial score (nSPS) is 21.2. The molecule has 1 aromatic heterocycles. The molecule has 126 valence electrons. The van der Waals surface area contributed by atoms with Gasteiger partial charge in [0.15, 0.2) is 0 Å². The van der Waals surface area contributed by atoms with Crippen molar-refractivity contribution in [3.05, 3.63) is 18.0 Å². The van der Waals surface area contributed by atoms with Crippen LogP contribution in [0.4, 0.5) is 0 Å². The minimum atomic E-state index is -2.88. The van der Waals surface area contributed by atoms with E-state index in [2.05, 4.69) is 37.0 Å². The maximum absolute atomic E-state index is 11.4. The molecular formula is C16H29N3O2S. The number of aromatic nitrogens is 2. The van der Waals surface area contributed by atoms with Crippen LogP contribution in [0.15, 0.2) is 12.4 Å². The van der Waals surface area contributed by atoms with Gasteiger partial charge in [0.25, 0.3) is 0 Å². The van der Waals surface area contributed by atoms with Crippen molar-refractivity contribution < 1.29 is 8.42 Å². The van der Waals surface area contributed by atoms with Crippen molar-refractivity contribution in [1.82, 2.24) is 14.7 Å². The van der Waals surface area contributed by atoms with E-state index in [0.29, 0.717) is 6.04 Å². The predicted molar refractivity (Wildman–Crippen MR) is 89.6 cm³/mol. The quantitative estimate of drug-likeness (QED) is 0.833. The van der Waals surface area contributed by atoms with Crippen LogP contribution < -0.4 is 0 Å². The average molecular weight is 327 g/mol. The van der Waals surface area contributed by atoms with Crippen LogP contribution >= 0.6 is 0 Å². The smallest absolute Gasteiger partial charge is 0.147 e. The summed E-state index contributed by atoms with van der Waals surface area (Å²) in [5.74, 6) is 0.287. The number of piperidine rings is 1. The Morgan fingerprint density at radius 3 is 2.64 bits per heavy atom. The fourth-order valence-corrected chi connectivity index (χ4v) is 3.69. The summed E-state index contributed by atoms with van der Waals surface area (Å²) >= 11 is 0. The number of likely N-dealkylation sites (tertiary alicyclic amines) is 1. The van der Waals surface area contributed by atoms with Gasteiger partial charge in [-0.2, -0.15) is 5.10 Å². The molecule has 5 nitrogen and oxygen atoms in total. The molecule has 1 aliphatic rings. The SMILES string of the molecule is CC(C)(C)n1cc(CN2CCCC[C@@H]2CCS(C)(=O)=O)cn1. The first-order valence-corrected chi connectivity index (χ1v) is 10.2. The zero-order valence-electron chi connectivity index (χ0n) is 14.2. The van der Waals surface area contributed by atoms with Crippen molar-refractivity contribution in [2.45, 2.75) is 64.6 Å².